The fourth-order valence-corrected chi connectivity index (χ4v) is 2.49. The number of hydrogen-bond acceptors (Lipinski definition) is 4. The van der Waals surface area contributed by atoms with Gasteiger partial charge in [-0.25, -0.2) is 15.0 Å². The van der Waals surface area contributed by atoms with Gasteiger partial charge >= 0.3 is 12.1 Å². The largest absolute Gasteiger partial charge is 0.465 e. The first-order chi connectivity index (χ1) is 11.6. The molecule has 2 rings (SSSR count). The van der Waals surface area contributed by atoms with Gasteiger partial charge in [0.05, 0.1) is 19.3 Å². The van der Waals surface area contributed by atoms with Gasteiger partial charge in [0.15, 0.2) is 0 Å². The second-order valence-corrected chi connectivity index (χ2v) is 5.27. The van der Waals surface area contributed by atoms with E-state index >= 15 is 0 Å². The highest BCUT2D eigenvalue weighted by molar-refractivity contribution is 5.76. The van der Waals surface area contributed by atoms with E-state index in [1.54, 1.807) is 0 Å². The lowest BCUT2D eigenvalue weighted by atomic mass is 10.2. The predicted molar refractivity (Wildman–Crippen MR) is 83.9 cm³/mol. The molecule has 0 radical (unpaired) electrons. The molecular formula is C15H20N4O5. The molecule has 0 aliphatic carbocycles. The van der Waals surface area contributed by atoms with E-state index in [2.05, 4.69) is 10.9 Å². The Kier molecular flexibility index (Phi) is 6.38. The number of nitrogens with one attached hydrogen (secondary N) is 2. The average molecular weight is 336 g/mol. The first-order valence-electron chi connectivity index (χ1n) is 7.47. The second-order valence-electron chi connectivity index (χ2n) is 5.27. The Morgan fingerprint density at radius 2 is 2.04 bits per heavy atom. The first-order valence-corrected chi connectivity index (χ1v) is 7.47. The number of amides is 4. The van der Waals surface area contributed by atoms with Crippen LogP contribution in [0.5, 0.6) is 0 Å². The third-order valence-corrected chi connectivity index (χ3v) is 3.67. The molecule has 9 heteroatoms. The maximum atomic E-state index is 12.0. The molecule has 3 N–H and O–H groups in total. The summed E-state index contributed by atoms with van der Waals surface area (Å²) in [5, 5.41) is 9.13. The van der Waals surface area contributed by atoms with Gasteiger partial charge in [0.1, 0.15) is 0 Å². The van der Waals surface area contributed by atoms with Crippen molar-refractivity contribution in [3.05, 3.63) is 35.9 Å². The molecule has 1 aliphatic rings. The molecule has 1 aromatic carbocycles. The number of carbonyl (C=O) groups excluding carboxylic acids is 2. The summed E-state index contributed by atoms with van der Waals surface area (Å²) in [7, 11) is 0. The van der Waals surface area contributed by atoms with Crippen LogP contribution in [0.1, 0.15) is 5.56 Å². The normalized spacial score (nSPS) is 17.2. The summed E-state index contributed by atoms with van der Waals surface area (Å²) < 4.78 is 5.64. The molecule has 130 valence electrons. The van der Waals surface area contributed by atoms with Gasteiger partial charge in [0.2, 0.25) is 6.41 Å². The van der Waals surface area contributed by atoms with Crippen molar-refractivity contribution < 1.29 is 24.2 Å². The number of hydrogen-bond donors (Lipinski definition) is 3. The summed E-state index contributed by atoms with van der Waals surface area (Å²) in [6.07, 6.45) is -0.680. The van der Waals surface area contributed by atoms with Gasteiger partial charge in [0, 0.05) is 19.6 Å². The molecule has 0 aromatic heterocycles. The van der Waals surface area contributed by atoms with Crippen molar-refractivity contribution in [2.75, 3.05) is 26.2 Å². The quantitative estimate of drug-likeness (QED) is 0.509. The third kappa shape index (κ3) is 4.85. The molecule has 1 aliphatic heterocycles. The summed E-state index contributed by atoms with van der Waals surface area (Å²) in [4.78, 5) is 36.2. The number of urea groups is 1. The lowest BCUT2D eigenvalue weighted by molar-refractivity contribution is -0.110. The van der Waals surface area contributed by atoms with Crippen molar-refractivity contribution in [1.82, 2.24) is 20.7 Å². The van der Waals surface area contributed by atoms with E-state index in [0.717, 1.165) is 5.56 Å². The predicted octanol–water partition coefficient (Wildman–Crippen LogP) is 0.238. The van der Waals surface area contributed by atoms with Gasteiger partial charge in [-0.1, -0.05) is 30.3 Å². The molecule has 0 saturated carbocycles. The fraction of sp³-hybridized carbons (Fsp3) is 0.400. The number of benzene rings is 1. The van der Waals surface area contributed by atoms with Gasteiger partial charge in [-0.05, 0) is 5.56 Å². The standard InChI is InChI=1S/C15H20N4O5/c20-11-16-17-14(21)19-7-6-18(15(22)23)8-13(19)10-24-9-12-4-2-1-3-5-12/h1-5,11,13H,6-10H2,(H,16,20)(H,17,21)(H,22,23)/t13-/m0/s1. The number of carbonyl (C=O) groups is 3. The zero-order chi connectivity index (χ0) is 17.4. The van der Waals surface area contributed by atoms with Gasteiger partial charge < -0.3 is 19.6 Å². The monoisotopic (exact) mass is 336 g/mol. The highest BCUT2D eigenvalue weighted by Crippen LogP contribution is 2.12. The van der Waals surface area contributed by atoms with Crippen LogP contribution in [0.3, 0.4) is 0 Å². The molecule has 1 fully saturated rings. The number of piperazine rings is 1. The van der Waals surface area contributed by atoms with Crippen LogP contribution in [0.2, 0.25) is 0 Å². The zero-order valence-electron chi connectivity index (χ0n) is 13.1. The minimum atomic E-state index is -1.03. The molecule has 1 atom stereocenters. The molecule has 1 aromatic rings. The number of hydrazine groups is 1. The Morgan fingerprint density at radius 3 is 2.71 bits per heavy atom. The van der Waals surface area contributed by atoms with Crippen molar-refractivity contribution in [3.8, 4) is 0 Å². The van der Waals surface area contributed by atoms with E-state index in [9.17, 15) is 14.4 Å². The Hall–Kier alpha value is -2.81. The van der Waals surface area contributed by atoms with Crippen LogP contribution in [0.25, 0.3) is 0 Å². The molecule has 4 amide bonds. The highest BCUT2D eigenvalue weighted by atomic mass is 16.5. The summed E-state index contributed by atoms with van der Waals surface area (Å²) >= 11 is 0. The van der Waals surface area contributed by atoms with Crippen LogP contribution in [-0.2, 0) is 16.1 Å². The zero-order valence-corrected chi connectivity index (χ0v) is 13.1. The Balaban J connectivity index is 1.94. The van der Waals surface area contributed by atoms with Gasteiger partial charge in [-0.15, -0.1) is 0 Å². The molecule has 1 saturated heterocycles. The van der Waals surface area contributed by atoms with E-state index < -0.39 is 18.2 Å². The molecule has 24 heavy (non-hydrogen) atoms. The number of nitrogens with zero attached hydrogens (tertiary/aromatic N) is 2. The fourth-order valence-electron chi connectivity index (χ4n) is 2.49. The summed E-state index contributed by atoms with van der Waals surface area (Å²) in [6.45, 7) is 1.13. The number of carboxylic acid groups (broad SMARTS) is 1. The minimum absolute atomic E-state index is 0.151. The van der Waals surface area contributed by atoms with Crippen LogP contribution in [0.4, 0.5) is 9.59 Å². The molecule has 1 heterocycles. The van der Waals surface area contributed by atoms with Crippen LogP contribution in [-0.4, -0.2) is 65.7 Å². The topological polar surface area (TPSA) is 111 Å². The molecule has 0 spiro atoms. The minimum Gasteiger partial charge on any atom is -0.465 e. The molecule has 0 bridgehead atoms. The first kappa shape index (κ1) is 17.5. The van der Waals surface area contributed by atoms with Crippen LogP contribution < -0.4 is 10.9 Å². The summed E-state index contributed by atoms with van der Waals surface area (Å²) in [6, 6.07) is 8.60. The van der Waals surface area contributed by atoms with Crippen molar-refractivity contribution >= 4 is 18.5 Å². The van der Waals surface area contributed by atoms with Crippen molar-refractivity contribution in [3.63, 3.8) is 0 Å². The summed E-state index contributed by atoms with van der Waals surface area (Å²) in [5.41, 5.74) is 5.31. The third-order valence-electron chi connectivity index (χ3n) is 3.67. The lowest BCUT2D eigenvalue weighted by Crippen LogP contribution is -2.61. The van der Waals surface area contributed by atoms with Gasteiger partial charge in [-0.3, -0.25) is 10.2 Å². The van der Waals surface area contributed by atoms with Crippen molar-refractivity contribution in [1.29, 1.82) is 0 Å². The Bertz CT molecular complexity index is 568. The smallest absolute Gasteiger partial charge is 0.407 e. The maximum Gasteiger partial charge on any atom is 0.407 e. The Morgan fingerprint density at radius 1 is 1.29 bits per heavy atom. The maximum absolute atomic E-state index is 12.0. The van der Waals surface area contributed by atoms with Crippen LogP contribution in [0, 0.1) is 0 Å². The highest BCUT2D eigenvalue weighted by Gasteiger charge is 2.32. The van der Waals surface area contributed by atoms with E-state index in [1.165, 1.54) is 9.80 Å². The van der Waals surface area contributed by atoms with Gasteiger partial charge in [0.25, 0.3) is 0 Å². The lowest BCUT2D eigenvalue weighted by Gasteiger charge is -2.39. The van der Waals surface area contributed by atoms with Crippen molar-refractivity contribution in [2.24, 2.45) is 0 Å². The van der Waals surface area contributed by atoms with Crippen LogP contribution >= 0.6 is 0 Å². The second kappa shape index (κ2) is 8.73. The Labute approximate surface area is 139 Å². The number of rotatable bonds is 6. The summed E-state index contributed by atoms with van der Waals surface area (Å²) in [5.74, 6) is 0. The van der Waals surface area contributed by atoms with E-state index in [1.807, 2.05) is 30.3 Å². The van der Waals surface area contributed by atoms with Crippen molar-refractivity contribution in [2.45, 2.75) is 12.6 Å². The number of ether oxygens (including phenoxy) is 1. The molecule has 9 nitrogen and oxygen atoms in total. The van der Waals surface area contributed by atoms with E-state index in [-0.39, 0.29) is 26.2 Å². The molecule has 0 unspecified atom stereocenters. The SMILES string of the molecule is O=CNNC(=O)N1CCN(C(=O)O)C[C@H]1COCc1ccccc1. The van der Waals surface area contributed by atoms with Crippen LogP contribution in [0.15, 0.2) is 30.3 Å². The average Bonchev–Trinajstić information content (AvgIpc) is 2.60. The van der Waals surface area contributed by atoms with E-state index in [4.69, 9.17) is 9.84 Å². The molecular weight excluding hydrogens is 316 g/mol. The van der Waals surface area contributed by atoms with Gasteiger partial charge in [-0.2, -0.15) is 0 Å². The van der Waals surface area contributed by atoms with E-state index in [0.29, 0.717) is 13.0 Å².